The molecule has 16 nitrogen and oxygen atoms in total. The Morgan fingerprint density at radius 1 is 0.784 bits per heavy atom. The molecular formula is C35H56N8O8. The fourth-order valence-corrected chi connectivity index (χ4v) is 5.53. The minimum absolute atomic E-state index is 0.0375. The molecule has 0 unspecified atom stereocenters. The number of aliphatic carboxylic acids is 1. The summed E-state index contributed by atoms with van der Waals surface area (Å²) in [5.41, 5.74) is 13.0. The van der Waals surface area contributed by atoms with Crippen molar-refractivity contribution in [3.63, 3.8) is 0 Å². The third-order valence-electron chi connectivity index (χ3n) is 8.20. The number of aliphatic hydroxyl groups excluding tert-OH is 1. The number of hydrogen-bond acceptors (Lipinski definition) is 9. The average Bonchev–Trinajstić information content (AvgIpc) is 3.46. The highest BCUT2D eigenvalue weighted by Gasteiger charge is 2.33. The molecule has 0 aliphatic rings. The zero-order valence-corrected chi connectivity index (χ0v) is 30.2. The van der Waals surface area contributed by atoms with Crippen molar-refractivity contribution in [2.45, 2.75) is 109 Å². The van der Waals surface area contributed by atoms with Crippen LogP contribution in [0.5, 0.6) is 0 Å². The van der Waals surface area contributed by atoms with Gasteiger partial charge in [0.05, 0.1) is 18.7 Å². The van der Waals surface area contributed by atoms with Crippen molar-refractivity contribution in [3.8, 4) is 0 Å². The molecule has 0 bridgehead atoms. The molecule has 51 heavy (non-hydrogen) atoms. The van der Waals surface area contributed by atoms with Crippen molar-refractivity contribution in [3.05, 3.63) is 36.0 Å². The lowest BCUT2D eigenvalue weighted by Gasteiger charge is -2.26. The van der Waals surface area contributed by atoms with Gasteiger partial charge in [-0.2, -0.15) is 0 Å². The molecule has 0 fully saturated rings. The number of carbonyl (C=O) groups excluding carboxylic acids is 5. The lowest BCUT2D eigenvalue weighted by Crippen LogP contribution is -2.59. The highest BCUT2D eigenvalue weighted by molar-refractivity contribution is 5.96. The van der Waals surface area contributed by atoms with Crippen LogP contribution in [0.3, 0.4) is 0 Å². The molecule has 0 saturated heterocycles. The number of aromatic nitrogens is 1. The second-order valence-electron chi connectivity index (χ2n) is 13.7. The van der Waals surface area contributed by atoms with Crippen LogP contribution in [0, 0.1) is 11.8 Å². The van der Waals surface area contributed by atoms with E-state index in [-0.39, 0.29) is 31.1 Å². The number of carbonyl (C=O) groups is 6. The molecule has 0 aliphatic heterocycles. The van der Waals surface area contributed by atoms with Gasteiger partial charge >= 0.3 is 5.97 Å². The van der Waals surface area contributed by atoms with E-state index in [1.54, 1.807) is 6.20 Å². The predicted molar refractivity (Wildman–Crippen MR) is 192 cm³/mol. The topological polar surface area (TPSA) is 271 Å². The first-order valence-corrected chi connectivity index (χ1v) is 17.4. The van der Waals surface area contributed by atoms with Gasteiger partial charge < -0.3 is 53.2 Å². The number of carboxylic acids is 1. The summed E-state index contributed by atoms with van der Waals surface area (Å²) < 4.78 is 0. The number of rotatable bonds is 22. The van der Waals surface area contributed by atoms with Crippen LogP contribution in [-0.4, -0.2) is 100 Å². The molecule has 5 amide bonds. The maximum atomic E-state index is 13.5. The fraction of sp³-hybridized carbons (Fsp3) is 0.600. The van der Waals surface area contributed by atoms with Crippen LogP contribution in [0.25, 0.3) is 10.9 Å². The van der Waals surface area contributed by atoms with Gasteiger partial charge in [0.1, 0.15) is 24.2 Å². The number of hydrogen-bond donors (Lipinski definition) is 10. The number of H-pyrrole nitrogens is 1. The molecule has 0 spiro atoms. The number of fused-ring (bicyclic) bond motifs is 1. The molecule has 1 aromatic heterocycles. The van der Waals surface area contributed by atoms with Crippen LogP contribution in [0.15, 0.2) is 30.5 Å². The molecule has 1 aromatic carbocycles. The van der Waals surface area contributed by atoms with E-state index in [2.05, 4.69) is 31.6 Å². The van der Waals surface area contributed by atoms with Crippen molar-refractivity contribution in [1.29, 1.82) is 0 Å². The highest BCUT2D eigenvalue weighted by Crippen LogP contribution is 2.19. The van der Waals surface area contributed by atoms with E-state index in [0.717, 1.165) is 10.9 Å². The van der Waals surface area contributed by atoms with Crippen molar-refractivity contribution >= 4 is 46.4 Å². The Kier molecular flexibility index (Phi) is 17.5. The number of unbranched alkanes of at least 4 members (excludes halogenated alkanes) is 1. The van der Waals surface area contributed by atoms with E-state index < -0.39 is 78.4 Å². The number of nitrogens with two attached hydrogens (primary N) is 2. The summed E-state index contributed by atoms with van der Waals surface area (Å²) in [5.74, 6) is -4.77. The number of aromatic amines is 1. The highest BCUT2D eigenvalue weighted by atomic mass is 16.4. The summed E-state index contributed by atoms with van der Waals surface area (Å²) in [6.07, 6.45) is 2.17. The van der Waals surface area contributed by atoms with Gasteiger partial charge in [0.25, 0.3) is 0 Å². The molecule has 0 saturated carbocycles. The Hall–Kier alpha value is -4.54. The molecule has 12 N–H and O–H groups in total. The smallest absolute Gasteiger partial charge is 0.326 e. The van der Waals surface area contributed by atoms with Gasteiger partial charge in [-0.3, -0.25) is 24.0 Å². The molecule has 2 aromatic rings. The fourth-order valence-electron chi connectivity index (χ4n) is 5.53. The molecule has 0 radical (unpaired) electrons. The summed E-state index contributed by atoms with van der Waals surface area (Å²) >= 11 is 0. The lowest BCUT2D eigenvalue weighted by atomic mass is 10.0. The van der Waals surface area contributed by atoms with Gasteiger partial charge in [-0.25, -0.2) is 4.79 Å². The Morgan fingerprint density at radius 3 is 2.02 bits per heavy atom. The van der Waals surface area contributed by atoms with Crippen LogP contribution in [0.1, 0.15) is 72.3 Å². The molecule has 6 atom stereocenters. The van der Waals surface area contributed by atoms with Crippen molar-refractivity contribution in [2.75, 3.05) is 13.1 Å². The number of aliphatic hydroxyl groups is 1. The Balaban J connectivity index is 2.18. The average molecular weight is 717 g/mol. The molecule has 2 rings (SSSR count). The Morgan fingerprint density at radius 2 is 1.41 bits per heavy atom. The van der Waals surface area contributed by atoms with Crippen molar-refractivity contribution in [1.82, 2.24) is 31.6 Å². The number of para-hydroxylation sites is 1. The molecular weight excluding hydrogens is 660 g/mol. The van der Waals surface area contributed by atoms with Crippen LogP contribution < -0.4 is 38.1 Å². The number of benzene rings is 1. The normalized spacial score (nSPS) is 14.9. The van der Waals surface area contributed by atoms with Gasteiger partial charge in [-0.15, -0.1) is 0 Å². The summed E-state index contributed by atoms with van der Waals surface area (Å²) in [6.45, 7) is 8.53. The van der Waals surface area contributed by atoms with Gasteiger partial charge in [0.15, 0.2) is 0 Å². The minimum Gasteiger partial charge on any atom is -0.480 e. The van der Waals surface area contributed by atoms with Gasteiger partial charge in [0.2, 0.25) is 29.5 Å². The first-order chi connectivity index (χ1) is 24.0. The third-order valence-corrected chi connectivity index (χ3v) is 8.20. The minimum atomic E-state index is -1.55. The number of nitrogens with one attached hydrogen (secondary N) is 6. The summed E-state index contributed by atoms with van der Waals surface area (Å²) in [6, 6.07) is 1.45. The lowest BCUT2D eigenvalue weighted by molar-refractivity contribution is -0.143. The molecule has 1 heterocycles. The monoisotopic (exact) mass is 716 g/mol. The van der Waals surface area contributed by atoms with Gasteiger partial charge in [-0.05, 0) is 69.0 Å². The Labute approximate surface area is 298 Å². The molecule has 16 heteroatoms. The van der Waals surface area contributed by atoms with Crippen molar-refractivity contribution < 1.29 is 39.0 Å². The number of amides is 5. The Bertz CT molecular complexity index is 1480. The maximum Gasteiger partial charge on any atom is 0.326 e. The van der Waals surface area contributed by atoms with E-state index in [1.807, 2.05) is 52.0 Å². The third kappa shape index (κ3) is 14.3. The predicted octanol–water partition coefficient (Wildman–Crippen LogP) is -0.220. The molecule has 284 valence electrons. The first kappa shape index (κ1) is 42.6. The van der Waals surface area contributed by atoms with E-state index in [9.17, 15) is 39.0 Å². The van der Waals surface area contributed by atoms with Gasteiger partial charge in [-0.1, -0.05) is 45.9 Å². The van der Waals surface area contributed by atoms with Crippen LogP contribution in [-0.2, 0) is 35.2 Å². The second-order valence-corrected chi connectivity index (χ2v) is 13.7. The SMILES string of the molecule is CC(C)C[C@H](NC(=O)[C@H](Cc1c[nH]c2ccccc12)NC(=O)[C@@H](NC(=O)CNC(=O)[C@H](CCCCN)NC(=O)[C@@H](N)CC(C)C)[C@@H](C)O)C(=O)O. The van der Waals surface area contributed by atoms with E-state index in [4.69, 9.17) is 11.5 Å². The standard InChI is InChI=1S/C35H56N8O8/c1-19(2)14-24(37)31(46)40-26(12-8-9-13-36)32(47)39-18-29(45)43-30(21(5)44)34(49)41-27(33(48)42-28(35(50)51)15-20(3)4)16-22-17-38-25-11-7-6-10-23(22)25/h6-7,10-11,17,19-21,24,26-28,30,38,44H,8-9,12-16,18,36-37H2,1-5H3,(H,39,47)(H,40,46)(H,41,49)(H,42,48)(H,43,45)(H,50,51)/t21-,24+,26+,27+,28+,30+/m1/s1. The van der Waals surface area contributed by atoms with Crippen molar-refractivity contribution in [2.24, 2.45) is 23.3 Å². The van der Waals surface area contributed by atoms with Crippen LogP contribution >= 0.6 is 0 Å². The largest absolute Gasteiger partial charge is 0.480 e. The number of carboxylic acid groups (broad SMARTS) is 1. The molecule has 0 aliphatic carbocycles. The quantitative estimate of drug-likeness (QED) is 0.0716. The van der Waals surface area contributed by atoms with E-state index in [1.165, 1.54) is 6.92 Å². The second kappa shape index (κ2) is 21.0. The first-order valence-electron chi connectivity index (χ1n) is 17.4. The summed E-state index contributed by atoms with van der Waals surface area (Å²) in [4.78, 5) is 80.7. The summed E-state index contributed by atoms with van der Waals surface area (Å²) in [5, 5.41) is 33.6. The van der Waals surface area contributed by atoms with Crippen LogP contribution in [0.2, 0.25) is 0 Å². The van der Waals surface area contributed by atoms with E-state index >= 15 is 0 Å². The zero-order valence-electron chi connectivity index (χ0n) is 30.2. The van der Waals surface area contributed by atoms with E-state index in [0.29, 0.717) is 31.4 Å². The van der Waals surface area contributed by atoms with Crippen LogP contribution in [0.4, 0.5) is 0 Å². The zero-order chi connectivity index (χ0) is 38.2. The van der Waals surface area contributed by atoms with Gasteiger partial charge in [0, 0.05) is 23.5 Å². The maximum absolute atomic E-state index is 13.5. The summed E-state index contributed by atoms with van der Waals surface area (Å²) in [7, 11) is 0.